The number of aromatic nitrogens is 4. The van der Waals surface area contributed by atoms with E-state index in [0.29, 0.717) is 0 Å². The zero-order valence-electron chi connectivity index (χ0n) is 13.5. The minimum absolute atomic E-state index is 0.0941. The molecule has 0 saturated heterocycles. The topological polar surface area (TPSA) is 62.4 Å². The van der Waals surface area contributed by atoms with Crippen LogP contribution in [0.1, 0.15) is 11.9 Å². The van der Waals surface area contributed by atoms with Crippen molar-refractivity contribution in [1.82, 2.24) is 29.8 Å². The van der Waals surface area contributed by atoms with E-state index < -0.39 is 0 Å². The average Bonchev–Trinajstić information content (AvgIpc) is 3.24. The van der Waals surface area contributed by atoms with Crippen LogP contribution in [0.4, 0.5) is 0 Å². The minimum atomic E-state index is -0.0941. The van der Waals surface area contributed by atoms with Crippen LogP contribution in [0.2, 0.25) is 0 Å². The van der Waals surface area contributed by atoms with Crippen molar-refractivity contribution in [3.63, 3.8) is 0 Å². The number of pyridine rings is 2. The number of rotatable bonds is 3. The Bertz CT molecular complexity index is 871. The molecule has 0 amide bonds. The first-order chi connectivity index (χ1) is 11.7. The zero-order chi connectivity index (χ0) is 16.5. The highest BCUT2D eigenvalue weighted by Crippen LogP contribution is 2.26. The third-order valence-corrected chi connectivity index (χ3v) is 4.05. The maximum atomic E-state index is 4.77. The molecule has 3 aromatic heterocycles. The molecule has 4 rings (SSSR count). The highest BCUT2D eigenvalue weighted by atomic mass is 15.7. The number of nitrogens with zero attached hydrogens (tertiary/aromatic N) is 7. The van der Waals surface area contributed by atoms with E-state index in [1.165, 1.54) is 0 Å². The van der Waals surface area contributed by atoms with Crippen LogP contribution < -0.4 is 0 Å². The molecule has 1 aliphatic heterocycles. The summed E-state index contributed by atoms with van der Waals surface area (Å²) in [5.74, 6) is 0. The van der Waals surface area contributed by atoms with Crippen molar-refractivity contribution >= 4 is 6.34 Å². The van der Waals surface area contributed by atoms with Crippen LogP contribution in [0, 0.1) is 0 Å². The van der Waals surface area contributed by atoms with Crippen LogP contribution in [0.3, 0.4) is 0 Å². The van der Waals surface area contributed by atoms with E-state index in [9.17, 15) is 0 Å². The van der Waals surface area contributed by atoms with Crippen LogP contribution in [0.5, 0.6) is 0 Å². The quantitative estimate of drug-likeness (QED) is 0.740. The Morgan fingerprint density at radius 3 is 2.71 bits per heavy atom. The van der Waals surface area contributed by atoms with Gasteiger partial charge in [-0.15, -0.1) is 0 Å². The van der Waals surface area contributed by atoms with Crippen LogP contribution in [-0.4, -0.2) is 50.2 Å². The minimum Gasteiger partial charge on any atom is -0.297 e. The molecule has 7 heteroatoms. The lowest BCUT2D eigenvalue weighted by Crippen LogP contribution is -2.32. The normalized spacial score (nSPS) is 17.6. The van der Waals surface area contributed by atoms with Crippen molar-refractivity contribution in [3.8, 4) is 16.9 Å². The van der Waals surface area contributed by atoms with E-state index in [1.807, 2.05) is 66.8 Å². The molecule has 3 aromatic rings. The number of hydrogen-bond donors (Lipinski definition) is 0. The highest BCUT2D eigenvalue weighted by Gasteiger charge is 2.24. The third kappa shape index (κ3) is 2.55. The highest BCUT2D eigenvalue weighted by molar-refractivity contribution is 5.59. The van der Waals surface area contributed by atoms with Crippen molar-refractivity contribution in [2.45, 2.75) is 6.17 Å². The Labute approximate surface area is 139 Å². The second-order valence-corrected chi connectivity index (χ2v) is 5.62. The lowest BCUT2D eigenvalue weighted by molar-refractivity contribution is 0.0842. The largest absolute Gasteiger partial charge is 0.297 e. The van der Waals surface area contributed by atoms with Gasteiger partial charge in [-0.1, -0.05) is 6.07 Å². The van der Waals surface area contributed by atoms with Gasteiger partial charge in [-0.2, -0.15) is 10.1 Å². The molecule has 0 aliphatic carbocycles. The maximum absolute atomic E-state index is 4.77. The third-order valence-electron chi connectivity index (χ3n) is 4.05. The molecule has 1 aliphatic rings. The van der Waals surface area contributed by atoms with E-state index in [1.54, 1.807) is 23.4 Å². The van der Waals surface area contributed by atoms with Crippen LogP contribution in [0.25, 0.3) is 16.9 Å². The van der Waals surface area contributed by atoms with E-state index >= 15 is 0 Å². The second-order valence-electron chi connectivity index (χ2n) is 5.62. The van der Waals surface area contributed by atoms with Gasteiger partial charge in [-0.25, -0.2) is 14.7 Å². The SMILES string of the molecule is CN1C=NC(c2cccc(-c3cnn(-c4cccnc4)c3)n2)N1C. The Morgan fingerprint density at radius 2 is 1.96 bits per heavy atom. The molecule has 0 fully saturated rings. The molecular formula is C17H17N7. The molecule has 1 atom stereocenters. The molecule has 4 heterocycles. The summed E-state index contributed by atoms with van der Waals surface area (Å²) >= 11 is 0. The molecule has 1 unspecified atom stereocenters. The Balaban J connectivity index is 1.65. The van der Waals surface area contributed by atoms with E-state index in [4.69, 9.17) is 4.98 Å². The van der Waals surface area contributed by atoms with Gasteiger partial charge in [0.25, 0.3) is 0 Å². The van der Waals surface area contributed by atoms with Crippen molar-refractivity contribution in [1.29, 1.82) is 0 Å². The molecule has 24 heavy (non-hydrogen) atoms. The summed E-state index contributed by atoms with van der Waals surface area (Å²) in [7, 11) is 3.96. The van der Waals surface area contributed by atoms with E-state index in [0.717, 1.165) is 22.6 Å². The van der Waals surface area contributed by atoms with Gasteiger partial charge in [0.15, 0.2) is 6.17 Å². The van der Waals surface area contributed by atoms with Gasteiger partial charge in [0, 0.05) is 32.1 Å². The monoisotopic (exact) mass is 319 g/mol. The summed E-state index contributed by atoms with van der Waals surface area (Å²) in [5, 5.41) is 8.38. The summed E-state index contributed by atoms with van der Waals surface area (Å²) in [5.41, 5.74) is 3.66. The van der Waals surface area contributed by atoms with Gasteiger partial charge in [0.05, 0.1) is 29.5 Å². The summed E-state index contributed by atoms with van der Waals surface area (Å²) < 4.78 is 1.80. The predicted molar refractivity (Wildman–Crippen MR) is 91.3 cm³/mol. The van der Waals surface area contributed by atoms with Crippen LogP contribution >= 0.6 is 0 Å². The summed E-state index contributed by atoms with van der Waals surface area (Å²) in [6.45, 7) is 0. The maximum Gasteiger partial charge on any atom is 0.162 e. The van der Waals surface area contributed by atoms with Crippen molar-refractivity contribution in [2.24, 2.45) is 4.99 Å². The summed E-state index contributed by atoms with van der Waals surface area (Å²) in [4.78, 5) is 13.4. The second kappa shape index (κ2) is 5.86. The molecule has 0 aromatic carbocycles. The van der Waals surface area contributed by atoms with Gasteiger partial charge in [-0.05, 0) is 24.3 Å². The van der Waals surface area contributed by atoms with Gasteiger partial charge in [0.1, 0.15) is 6.34 Å². The molecule has 120 valence electrons. The predicted octanol–water partition coefficient (Wildman–Crippen LogP) is 2.15. The smallest absolute Gasteiger partial charge is 0.162 e. The fourth-order valence-electron chi connectivity index (χ4n) is 2.62. The van der Waals surface area contributed by atoms with Gasteiger partial charge >= 0.3 is 0 Å². The van der Waals surface area contributed by atoms with Gasteiger partial charge in [0.2, 0.25) is 0 Å². The number of hydrogen-bond acceptors (Lipinski definition) is 6. The first-order valence-corrected chi connectivity index (χ1v) is 7.63. The average molecular weight is 319 g/mol. The lowest BCUT2D eigenvalue weighted by atomic mass is 10.2. The van der Waals surface area contributed by atoms with Crippen LogP contribution in [0.15, 0.2) is 60.1 Å². The summed E-state index contributed by atoms with van der Waals surface area (Å²) in [6.07, 6.45) is 9.00. The standard InChI is InChI=1S/C17H17N7/c1-22-12-19-17(23(22)2)16-7-3-6-15(21-16)13-9-20-24(11-13)14-5-4-8-18-10-14/h3-12,17H,1-2H3. The summed E-state index contributed by atoms with van der Waals surface area (Å²) in [6, 6.07) is 9.83. The fraction of sp³-hybridized carbons (Fsp3) is 0.176. The van der Waals surface area contributed by atoms with Crippen LogP contribution in [-0.2, 0) is 0 Å². The molecule has 0 radical (unpaired) electrons. The van der Waals surface area contributed by atoms with Gasteiger partial charge in [-0.3, -0.25) is 9.99 Å². The zero-order valence-corrected chi connectivity index (χ0v) is 13.5. The Morgan fingerprint density at radius 1 is 1.04 bits per heavy atom. The molecule has 7 nitrogen and oxygen atoms in total. The first-order valence-electron chi connectivity index (χ1n) is 7.63. The molecule has 0 spiro atoms. The van der Waals surface area contributed by atoms with Crippen molar-refractivity contribution < 1.29 is 0 Å². The molecular weight excluding hydrogens is 302 g/mol. The van der Waals surface area contributed by atoms with E-state index in [-0.39, 0.29) is 6.17 Å². The van der Waals surface area contributed by atoms with Crippen molar-refractivity contribution in [3.05, 3.63) is 60.8 Å². The number of aliphatic imine (C=N–C) groups is 1. The van der Waals surface area contributed by atoms with E-state index in [2.05, 4.69) is 15.1 Å². The van der Waals surface area contributed by atoms with Gasteiger partial charge < -0.3 is 0 Å². The molecule has 0 N–H and O–H groups in total. The number of hydrazine groups is 1. The lowest BCUT2D eigenvalue weighted by Gasteiger charge is -2.24. The molecule has 0 saturated carbocycles. The first kappa shape index (κ1) is 14.5. The Hall–Kier alpha value is -3.06. The van der Waals surface area contributed by atoms with Crippen molar-refractivity contribution in [2.75, 3.05) is 14.1 Å². The Kier molecular flexibility index (Phi) is 3.55. The fourth-order valence-corrected chi connectivity index (χ4v) is 2.62. The molecule has 0 bridgehead atoms.